The Hall–Kier alpha value is -3.57. The third-order valence-corrected chi connectivity index (χ3v) is 15.0. The maximum Gasteiger partial charge on any atom is 0.346 e. The van der Waals surface area contributed by atoms with E-state index in [2.05, 4.69) is 133 Å². The van der Waals surface area contributed by atoms with Gasteiger partial charge in [0.05, 0.1) is 11.0 Å². The van der Waals surface area contributed by atoms with Crippen LogP contribution in [0.2, 0.25) is 0 Å². The van der Waals surface area contributed by atoms with E-state index in [0.717, 1.165) is 4.88 Å². The van der Waals surface area contributed by atoms with E-state index < -0.39 is 5.97 Å². The number of rotatable bonds is 5. The predicted octanol–water partition coefficient (Wildman–Crippen LogP) is 13.3. The smallest absolute Gasteiger partial charge is 0.346 e. The number of benzene rings is 2. The van der Waals surface area contributed by atoms with Crippen LogP contribution in [0.5, 0.6) is 0 Å². The molecule has 8 rings (SSSR count). The van der Waals surface area contributed by atoms with Crippen molar-refractivity contribution < 1.29 is 31.0 Å². The van der Waals surface area contributed by atoms with Crippen LogP contribution in [-0.2, 0) is 42.1 Å². The molecule has 0 unspecified atom stereocenters. The summed E-state index contributed by atoms with van der Waals surface area (Å²) in [5, 5.41) is 22.5. The van der Waals surface area contributed by atoms with Crippen molar-refractivity contribution in [2.45, 2.75) is 71.6 Å². The zero-order valence-corrected chi connectivity index (χ0v) is 36.5. The minimum atomic E-state index is -1.20. The van der Waals surface area contributed by atoms with Crippen molar-refractivity contribution >= 4 is 79.2 Å². The number of aliphatic carboxylic acids is 1. The van der Waals surface area contributed by atoms with Gasteiger partial charge in [0.2, 0.25) is 0 Å². The fraction of sp³-hybridized carbons (Fsp3) is 0.256. The second kappa shape index (κ2) is 12.8. The number of thiophene rings is 4. The molecular weight excluding hydrogens is 889 g/mol. The summed E-state index contributed by atoms with van der Waals surface area (Å²) >= 11 is 7.03. The van der Waals surface area contributed by atoms with Gasteiger partial charge < -0.3 is 9.67 Å². The van der Waals surface area contributed by atoms with Crippen molar-refractivity contribution in [1.82, 2.24) is 4.57 Å². The summed E-state index contributed by atoms with van der Waals surface area (Å²) < 4.78 is 2.44. The first-order chi connectivity index (χ1) is 24.0. The number of hydrogen-bond donors (Lipinski definition) is 1. The van der Waals surface area contributed by atoms with Gasteiger partial charge in [-0.2, -0.15) is 5.26 Å². The Balaban J connectivity index is 0.00000420. The van der Waals surface area contributed by atoms with E-state index in [1.165, 1.54) is 84.4 Å². The second-order valence-electron chi connectivity index (χ2n) is 15.9. The van der Waals surface area contributed by atoms with E-state index in [9.17, 15) is 15.2 Å². The minimum absolute atomic E-state index is 0. The van der Waals surface area contributed by atoms with Gasteiger partial charge in [-0.3, -0.25) is 0 Å². The quantitative estimate of drug-likeness (QED) is 0.138. The molecule has 1 N–H and O–H groups in total. The molecule has 52 heavy (non-hydrogen) atoms. The minimum Gasteiger partial charge on any atom is -0.477 e. The van der Waals surface area contributed by atoms with E-state index in [1.807, 2.05) is 22.7 Å². The van der Waals surface area contributed by atoms with E-state index in [4.69, 9.17) is 0 Å². The van der Waals surface area contributed by atoms with Crippen molar-refractivity contribution in [3.05, 3.63) is 106 Å². The third-order valence-electron chi connectivity index (χ3n) is 10.1. The van der Waals surface area contributed by atoms with Gasteiger partial charge in [0, 0.05) is 71.4 Å². The number of carbonyl (C=O) groups is 1. The molecule has 4 nitrogen and oxygen atoms in total. The topological polar surface area (TPSA) is 66.0 Å². The van der Waals surface area contributed by atoms with Crippen LogP contribution in [0, 0.1) is 11.3 Å². The summed E-state index contributed by atoms with van der Waals surface area (Å²) in [6.45, 7) is 18.1. The number of hydrogen-bond acceptors (Lipinski definition) is 6. The molecule has 0 saturated carbocycles. The Kier molecular flexibility index (Phi) is 9.04. The van der Waals surface area contributed by atoms with E-state index in [-0.39, 0.29) is 42.9 Å². The molecule has 7 aromatic rings. The molecule has 262 valence electrons. The number of aromatic nitrogens is 1. The fourth-order valence-corrected chi connectivity index (χ4v) is 12.0. The van der Waals surface area contributed by atoms with Crippen molar-refractivity contribution in [2.24, 2.45) is 0 Å². The molecule has 0 bridgehead atoms. The van der Waals surface area contributed by atoms with Crippen molar-refractivity contribution in [1.29, 1.82) is 5.26 Å². The third kappa shape index (κ3) is 5.99. The Morgan fingerprint density at radius 1 is 0.712 bits per heavy atom. The summed E-state index contributed by atoms with van der Waals surface area (Å²) in [6, 6.07) is 29.2. The van der Waals surface area contributed by atoms with Gasteiger partial charge in [-0.05, 0) is 99.8 Å². The molecule has 1 aliphatic carbocycles. The maximum atomic E-state index is 11.5. The number of nitrogens with zero attached hydrogens (tertiary/aromatic N) is 2. The first-order valence-corrected chi connectivity index (χ1v) is 20.3. The monoisotopic (exact) mass is 926 g/mol. The fourth-order valence-electron chi connectivity index (χ4n) is 7.07. The molecule has 5 heterocycles. The Labute approximate surface area is 335 Å². The van der Waals surface area contributed by atoms with Crippen LogP contribution in [-0.4, -0.2) is 15.6 Å². The normalized spacial score (nSPS) is 14.0. The summed E-state index contributed by atoms with van der Waals surface area (Å²) in [5.41, 5.74) is 7.33. The first-order valence-electron chi connectivity index (χ1n) is 17.0. The average Bonchev–Trinajstić information content (AvgIpc) is 3.90. The van der Waals surface area contributed by atoms with Crippen LogP contribution in [0.25, 0.3) is 62.1 Å². The molecule has 0 spiro atoms. The number of nitriles is 1. The molecule has 9 heteroatoms. The van der Waals surface area contributed by atoms with Crippen molar-refractivity contribution in [3.63, 3.8) is 0 Å². The Morgan fingerprint density at radius 2 is 1.23 bits per heavy atom. The van der Waals surface area contributed by atoms with Crippen molar-refractivity contribution in [2.75, 3.05) is 0 Å². The average molecular weight is 927 g/mol. The van der Waals surface area contributed by atoms with Gasteiger partial charge in [0.1, 0.15) is 16.6 Å². The van der Waals surface area contributed by atoms with Crippen LogP contribution < -0.4 is 0 Å². The van der Waals surface area contributed by atoms with Gasteiger partial charge in [-0.15, -0.1) is 45.3 Å². The van der Waals surface area contributed by atoms with Crippen LogP contribution >= 0.6 is 45.3 Å². The van der Waals surface area contributed by atoms with Gasteiger partial charge in [0.15, 0.2) is 0 Å². The van der Waals surface area contributed by atoms with Gasteiger partial charge in [-0.25, -0.2) is 4.79 Å². The summed E-state index contributed by atoms with van der Waals surface area (Å²) in [5.74, 6) is -1.20. The Morgan fingerprint density at radius 3 is 1.79 bits per heavy atom. The summed E-state index contributed by atoms with van der Waals surface area (Å²) in [4.78, 5) is 19.7. The molecule has 0 aliphatic heterocycles. The number of carboxylic acids is 1. The van der Waals surface area contributed by atoms with Gasteiger partial charge in [-0.1, -0.05) is 67.5 Å². The van der Waals surface area contributed by atoms with Gasteiger partial charge in [0.25, 0.3) is 0 Å². The molecule has 0 amide bonds. The molecular formula is C43H38N2O2S4W. The van der Waals surface area contributed by atoms with Crippen LogP contribution in [0.3, 0.4) is 0 Å². The predicted molar refractivity (Wildman–Crippen MR) is 219 cm³/mol. The molecule has 0 radical (unpaired) electrons. The van der Waals surface area contributed by atoms with E-state index in [1.54, 1.807) is 28.7 Å². The van der Waals surface area contributed by atoms with E-state index >= 15 is 0 Å². The second-order valence-corrected chi connectivity index (χ2v) is 20.2. The molecule has 0 fully saturated rings. The summed E-state index contributed by atoms with van der Waals surface area (Å²) in [7, 11) is 0. The molecule has 2 aromatic carbocycles. The number of fused-ring (bicyclic) bond motifs is 6. The van der Waals surface area contributed by atoms with Crippen molar-refractivity contribution in [3.8, 4) is 40.3 Å². The largest absolute Gasteiger partial charge is 0.477 e. The molecule has 5 aromatic heterocycles. The Bertz CT molecular complexity index is 2560. The molecule has 1 aliphatic rings. The van der Waals surface area contributed by atoms with Crippen LogP contribution in [0.15, 0.2) is 78.4 Å². The SMILES string of the molecule is CC(C)(C)c1ccc2c(c1)c1cc(C(C)(C)C)ccc1n2-c1ccc(-c2ccc(-c3cc4c(s3)-c3sc(/C=C(\C#N)C(=O)O)cc3C4(C)C)s2)s1.[W]. The maximum absolute atomic E-state index is 11.5. The number of carboxylic acid groups (broad SMARTS) is 1. The van der Waals surface area contributed by atoms with Crippen LogP contribution in [0.4, 0.5) is 0 Å². The zero-order chi connectivity index (χ0) is 36.2. The summed E-state index contributed by atoms with van der Waals surface area (Å²) in [6.07, 6.45) is 1.49. The first kappa shape index (κ1) is 36.8. The van der Waals surface area contributed by atoms with Crippen LogP contribution in [0.1, 0.15) is 82.5 Å². The molecule has 0 saturated heterocycles. The standard InChI is InChI=1S/C43H38N2O2S4.W/c1-41(2,3)24-9-11-31-27(18-24)28-19-25(42(4,5)6)10-12-32(28)45(31)37-16-15-34(50-37)33-13-14-35(49-33)36-21-30-39(51-36)38-29(43(30,7)8)20-26(48-38)17-23(22-44)40(46)47;/h9-21H,1-8H3,(H,46,47);/b23-17+;. The molecule has 0 atom stereocenters. The van der Waals surface area contributed by atoms with Gasteiger partial charge >= 0.3 is 5.97 Å². The van der Waals surface area contributed by atoms with E-state index in [0.29, 0.717) is 0 Å². The zero-order valence-electron chi connectivity index (χ0n) is 30.3.